The van der Waals surface area contributed by atoms with Crippen LogP contribution >= 0.6 is 22.0 Å². The quantitative estimate of drug-likeness (QED) is 0.864. The fraction of sp³-hybridized carbons (Fsp3) is 0.500. The standard InChI is InChI=1S/C10H12ClNO3S2/c1-6-2-7(6)4-12-10(13)8-3-9(16-5-8)17(11,14)15/h3,5-7H,2,4H2,1H3,(H,12,13). The van der Waals surface area contributed by atoms with E-state index in [-0.39, 0.29) is 10.1 Å². The second-order valence-electron chi connectivity index (χ2n) is 4.28. The monoisotopic (exact) mass is 293 g/mol. The molecule has 17 heavy (non-hydrogen) atoms. The number of amides is 1. The molecule has 2 atom stereocenters. The van der Waals surface area contributed by atoms with Gasteiger partial charge in [0.2, 0.25) is 0 Å². The largest absolute Gasteiger partial charge is 0.352 e. The number of carbonyl (C=O) groups is 1. The van der Waals surface area contributed by atoms with Crippen LogP contribution in [-0.4, -0.2) is 20.9 Å². The molecule has 1 fully saturated rings. The minimum atomic E-state index is -3.73. The Morgan fingerprint density at radius 1 is 1.65 bits per heavy atom. The maximum absolute atomic E-state index is 11.7. The molecule has 0 aliphatic heterocycles. The molecule has 2 unspecified atom stereocenters. The zero-order valence-electron chi connectivity index (χ0n) is 9.14. The summed E-state index contributed by atoms with van der Waals surface area (Å²) in [5, 5.41) is 4.29. The third-order valence-corrected chi connectivity index (χ3v) is 5.92. The first-order valence-corrected chi connectivity index (χ1v) is 8.38. The molecule has 1 saturated carbocycles. The van der Waals surface area contributed by atoms with Crippen LogP contribution in [0.3, 0.4) is 0 Å². The number of carbonyl (C=O) groups excluding carboxylic acids is 1. The molecule has 4 nitrogen and oxygen atoms in total. The Labute approximate surface area is 108 Å². The number of halogens is 1. The van der Waals surface area contributed by atoms with Crippen molar-refractivity contribution in [2.24, 2.45) is 11.8 Å². The Balaban J connectivity index is 1.97. The summed E-state index contributed by atoms with van der Waals surface area (Å²) in [4.78, 5) is 11.7. The Morgan fingerprint density at radius 3 is 2.76 bits per heavy atom. The van der Waals surface area contributed by atoms with Crippen LogP contribution in [-0.2, 0) is 9.05 Å². The molecule has 7 heteroatoms. The van der Waals surface area contributed by atoms with Crippen LogP contribution in [0.5, 0.6) is 0 Å². The number of thiophene rings is 1. The average molecular weight is 294 g/mol. The first kappa shape index (κ1) is 12.9. The predicted molar refractivity (Wildman–Crippen MR) is 67.0 cm³/mol. The third-order valence-electron chi connectivity index (χ3n) is 2.88. The van der Waals surface area contributed by atoms with Crippen molar-refractivity contribution in [3.05, 3.63) is 17.0 Å². The lowest BCUT2D eigenvalue weighted by atomic mass is 10.3. The van der Waals surface area contributed by atoms with E-state index in [2.05, 4.69) is 12.2 Å². The van der Waals surface area contributed by atoms with Crippen molar-refractivity contribution >= 4 is 37.0 Å². The smallest absolute Gasteiger partial charge is 0.270 e. The summed E-state index contributed by atoms with van der Waals surface area (Å²) < 4.78 is 22.1. The molecule has 0 spiro atoms. The molecule has 1 aromatic heterocycles. The molecule has 1 amide bonds. The van der Waals surface area contributed by atoms with E-state index in [1.54, 1.807) is 0 Å². The van der Waals surface area contributed by atoms with E-state index in [1.165, 1.54) is 11.4 Å². The van der Waals surface area contributed by atoms with E-state index in [9.17, 15) is 13.2 Å². The molecule has 1 aliphatic rings. The summed E-state index contributed by atoms with van der Waals surface area (Å²) in [7, 11) is 1.45. The summed E-state index contributed by atoms with van der Waals surface area (Å²) in [6.07, 6.45) is 1.14. The first-order chi connectivity index (χ1) is 7.88. The second kappa shape index (κ2) is 4.59. The van der Waals surface area contributed by atoms with Gasteiger partial charge in [0.05, 0.1) is 5.56 Å². The Kier molecular flexibility index (Phi) is 3.47. The average Bonchev–Trinajstić information content (AvgIpc) is 2.77. The molecule has 1 heterocycles. The van der Waals surface area contributed by atoms with Crippen molar-refractivity contribution in [1.82, 2.24) is 5.32 Å². The molecule has 1 aliphatic carbocycles. The van der Waals surface area contributed by atoms with Gasteiger partial charge in [-0.2, -0.15) is 0 Å². The van der Waals surface area contributed by atoms with Crippen molar-refractivity contribution in [3.8, 4) is 0 Å². The summed E-state index contributed by atoms with van der Waals surface area (Å²) in [6.45, 7) is 2.79. The summed E-state index contributed by atoms with van der Waals surface area (Å²) in [5.74, 6) is 0.997. The molecule has 0 saturated heterocycles. The van der Waals surface area contributed by atoms with Crippen LogP contribution in [0.4, 0.5) is 0 Å². The van der Waals surface area contributed by atoms with Crippen LogP contribution in [0, 0.1) is 11.8 Å². The highest BCUT2D eigenvalue weighted by molar-refractivity contribution is 8.15. The SMILES string of the molecule is CC1CC1CNC(=O)c1csc(S(=O)(=O)Cl)c1. The van der Waals surface area contributed by atoms with Crippen LogP contribution in [0.1, 0.15) is 23.7 Å². The molecule has 0 aromatic carbocycles. The number of hydrogen-bond donors (Lipinski definition) is 1. The van der Waals surface area contributed by atoms with Crippen LogP contribution in [0.15, 0.2) is 15.7 Å². The van der Waals surface area contributed by atoms with E-state index in [0.29, 0.717) is 23.9 Å². The summed E-state index contributed by atoms with van der Waals surface area (Å²) in [5.41, 5.74) is 0.350. The van der Waals surface area contributed by atoms with Crippen molar-refractivity contribution in [2.45, 2.75) is 17.6 Å². The summed E-state index contributed by atoms with van der Waals surface area (Å²) >= 11 is 0.955. The van der Waals surface area contributed by atoms with Gasteiger partial charge in [0.25, 0.3) is 15.0 Å². The van der Waals surface area contributed by atoms with E-state index in [1.807, 2.05) is 0 Å². The normalized spacial score (nSPS) is 23.4. The van der Waals surface area contributed by atoms with Gasteiger partial charge < -0.3 is 5.32 Å². The molecule has 1 N–H and O–H groups in total. The van der Waals surface area contributed by atoms with Gasteiger partial charge in [0.15, 0.2) is 0 Å². The molecule has 1 aromatic rings. The van der Waals surface area contributed by atoms with E-state index in [4.69, 9.17) is 10.7 Å². The molecular formula is C10H12ClNO3S2. The lowest BCUT2D eigenvalue weighted by Crippen LogP contribution is -2.25. The minimum Gasteiger partial charge on any atom is -0.352 e. The van der Waals surface area contributed by atoms with Crippen LogP contribution in [0.2, 0.25) is 0 Å². The Hall–Kier alpha value is -0.590. The van der Waals surface area contributed by atoms with Crippen LogP contribution in [0.25, 0.3) is 0 Å². The van der Waals surface area contributed by atoms with Crippen LogP contribution < -0.4 is 5.32 Å². The van der Waals surface area contributed by atoms with Crippen molar-refractivity contribution in [1.29, 1.82) is 0 Å². The number of rotatable bonds is 4. The van der Waals surface area contributed by atoms with Gasteiger partial charge in [-0.1, -0.05) is 6.92 Å². The molecule has 2 rings (SSSR count). The fourth-order valence-corrected chi connectivity index (χ4v) is 3.52. The lowest BCUT2D eigenvalue weighted by Gasteiger charge is -2.01. The van der Waals surface area contributed by atoms with E-state index < -0.39 is 9.05 Å². The van der Waals surface area contributed by atoms with Gasteiger partial charge in [-0.25, -0.2) is 8.42 Å². The van der Waals surface area contributed by atoms with Gasteiger partial charge >= 0.3 is 0 Å². The van der Waals surface area contributed by atoms with Crippen molar-refractivity contribution < 1.29 is 13.2 Å². The van der Waals surface area contributed by atoms with Gasteiger partial charge in [0.1, 0.15) is 4.21 Å². The second-order valence-corrected chi connectivity index (χ2v) is 7.98. The highest BCUT2D eigenvalue weighted by Crippen LogP contribution is 2.36. The first-order valence-electron chi connectivity index (χ1n) is 5.19. The zero-order chi connectivity index (χ0) is 12.6. The Bertz CT molecular complexity index is 538. The highest BCUT2D eigenvalue weighted by atomic mass is 35.7. The van der Waals surface area contributed by atoms with Gasteiger partial charge in [0, 0.05) is 22.6 Å². The van der Waals surface area contributed by atoms with E-state index >= 15 is 0 Å². The number of nitrogens with one attached hydrogen (secondary N) is 1. The maximum Gasteiger partial charge on any atom is 0.270 e. The Morgan fingerprint density at radius 2 is 2.29 bits per heavy atom. The maximum atomic E-state index is 11.7. The molecular weight excluding hydrogens is 282 g/mol. The van der Waals surface area contributed by atoms with Crippen molar-refractivity contribution in [2.75, 3.05) is 6.54 Å². The number of hydrogen-bond acceptors (Lipinski definition) is 4. The molecule has 94 valence electrons. The third kappa shape index (κ3) is 3.20. The van der Waals surface area contributed by atoms with Crippen molar-refractivity contribution in [3.63, 3.8) is 0 Å². The fourth-order valence-electron chi connectivity index (χ4n) is 1.57. The molecule has 0 bridgehead atoms. The summed E-state index contributed by atoms with van der Waals surface area (Å²) in [6, 6.07) is 1.30. The topological polar surface area (TPSA) is 63.2 Å². The van der Waals surface area contributed by atoms with Gasteiger partial charge in [-0.15, -0.1) is 11.3 Å². The lowest BCUT2D eigenvalue weighted by molar-refractivity contribution is 0.0951. The highest BCUT2D eigenvalue weighted by Gasteiger charge is 2.32. The zero-order valence-corrected chi connectivity index (χ0v) is 11.5. The van der Waals surface area contributed by atoms with E-state index in [0.717, 1.165) is 17.8 Å². The van der Waals surface area contributed by atoms with Gasteiger partial charge in [-0.05, 0) is 24.3 Å². The molecule has 0 radical (unpaired) electrons. The minimum absolute atomic E-state index is 0.00380. The predicted octanol–water partition coefficient (Wildman–Crippen LogP) is 2.06. The van der Waals surface area contributed by atoms with Gasteiger partial charge in [-0.3, -0.25) is 4.79 Å².